The molecule has 1 aliphatic rings. The minimum absolute atomic E-state index is 0.00974. The summed E-state index contributed by atoms with van der Waals surface area (Å²) < 4.78 is 18.2. The van der Waals surface area contributed by atoms with Crippen LogP contribution in [-0.2, 0) is 11.3 Å². The summed E-state index contributed by atoms with van der Waals surface area (Å²) in [6, 6.07) is 7.72. The molecule has 0 bridgehead atoms. The molecule has 2 heterocycles. The van der Waals surface area contributed by atoms with Gasteiger partial charge >= 0.3 is 0 Å². The standard InChI is InChI=1S/C20H23FN2O3/c1-14(2)18-12-22(20(25)16-8-10-26-13-16)9-7-19(24)23(18)11-15-3-5-17(21)6-4-15/h3-6,8,10,13-14,18H,7,9,11-12H2,1-2H3. The number of halogens is 1. The van der Waals surface area contributed by atoms with Crippen LogP contribution in [0.4, 0.5) is 4.39 Å². The second-order valence-electron chi connectivity index (χ2n) is 6.97. The van der Waals surface area contributed by atoms with Gasteiger partial charge in [-0.1, -0.05) is 26.0 Å². The molecule has 0 radical (unpaired) electrons. The van der Waals surface area contributed by atoms with Crippen molar-refractivity contribution < 1.29 is 18.4 Å². The molecule has 0 aliphatic carbocycles. The molecule has 1 fully saturated rings. The molecule has 1 aromatic carbocycles. The van der Waals surface area contributed by atoms with Gasteiger partial charge in [-0.25, -0.2) is 4.39 Å². The molecule has 1 atom stereocenters. The Bertz CT molecular complexity index is 756. The first-order chi connectivity index (χ1) is 12.5. The fraction of sp³-hybridized carbons (Fsp3) is 0.400. The molecule has 5 nitrogen and oxygen atoms in total. The molecule has 1 aliphatic heterocycles. The molecule has 6 heteroatoms. The lowest BCUT2D eigenvalue weighted by Gasteiger charge is -2.34. The SMILES string of the molecule is CC(C)C1CN(C(=O)c2ccoc2)CCC(=O)N1Cc1ccc(F)cc1. The summed E-state index contributed by atoms with van der Waals surface area (Å²) in [5.41, 5.74) is 1.37. The van der Waals surface area contributed by atoms with Crippen molar-refractivity contribution in [2.45, 2.75) is 32.9 Å². The Morgan fingerprint density at radius 3 is 2.62 bits per heavy atom. The monoisotopic (exact) mass is 358 g/mol. The lowest BCUT2D eigenvalue weighted by molar-refractivity contribution is -0.134. The molecule has 2 amide bonds. The van der Waals surface area contributed by atoms with Crippen molar-refractivity contribution in [2.75, 3.05) is 13.1 Å². The Morgan fingerprint density at radius 2 is 2.00 bits per heavy atom. The number of hydrogen-bond donors (Lipinski definition) is 0. The molecule has 0 saturated carbocycles. The number of carbonyl (C=O) groups is 2. The first-order valence-electron chi connectivity index (χ1n) is 8.81. The normalized spacial score (nSPS) is 18.3. The molecule has 1 unspecified atom stereocenters. The van der Waals surface area contributed by atoms with Gasteiger partial charge in [-0.05, 0) is 29.7 Å². The van der Waals surface area contributed by atoms with Crippen LogP contribution in [0, 0.1) is 11.7 Å². The zero-order valence-electron chi connectivity index (χ0n) is 15.0. The molecule has 0 N–H and O–H groups in total. The predicted molar refractivity (Wildman–Crippen MR) is 94.8 cm³/mol. The van der Waals surface area contributed by atoms with Crippen LogP contribution in [0.3, 0.4) is 0 Å². The maximum atomic E-state index is 13.2. The first kappa shape index (κ1) is 18.2. The van der Waals surface area contributed by atoms with Crippen molar-refractivity contribution in [1.29, 1.82) is 0 Å². The largest absolute Gasteiger partial charge is 0.472 e. The minimum Gasteiger partial charge on any atom is -0.472 e. The summed E-state index contributed by atoms with van der Waals surface area (Å²) in [6.07, 6.45) is 3.17. The summed E-state index contributed by atoms with van der Waals surface area (Å²) >= 11 is 0. The number of rotatable bonds is 4. The van der Waals surface area contributed by atoms with Crippen LogP contribution in [0.2, 0.25) is 0 Å². The predicted octanol–water partition coefficient (Wildman–Crippen LogP) is 3.32. The van der Waals surface area contributed by atoms with Crippen LogP contribution < -0.4 is 0 Å². The molecule has 0 spiro atoms. The number of hydrogen-bond acceptors (Lipinski definition) is 3. The van der Waals surface area contributed by atoms with E-state index >= 15 is 0 Å². The van der Waals surface area contributed by atoms with Crippen LogP contribution in [0.5, 0.6) is 0 Å². The second kappa shape index (κ2) is 7.72. The lowest BCUT2D eigenvalue weighted by Crippen LogP contribution is -2.47. The summed E-state index contributed by atoms with van der Waals surface area (Å²) in [5, 5.41) is 0. The molecule has 3 rings (SSSR count). The van der Waals surface area contributed by atoms with Crippen LogP contribution >= 0.6 is 0 Å². The van der Waals surface area contributed by atoms with E-state index in [2.05, 4.69) is 0 Å². The maximum absolute atomic E-state index is 13.2. The fourth-order valence-corrected chi connectivity index (χ4v) is 3.29. The van der Waals surface area contributed by atoms with Crippen LogP contribution in [0.1, 0.15) is 36.2 Å². The molecule has 2 aromatic rings. The van der Waals surface area contributed by atoms with Gasteiger partial charge < -0.3 is 14.2 Å². The van der Waals surface area contributed by atoms with E-state index in [1.54, 1.807) is 23.1 Å². The van der Waals surface area contributed by atoms with Gasteiger partial charge in [-0.15, -0.1) is 0 Å². The van der Waals surface area contributed by atoms with E-state index < -0.39 is 0 Å². The van der Waals surface area contributed by atoms with Gasteiger partial charge in [0.1, 0.15) is 12.1 Å². The Labute approximate surface area is 152 Å². The Hall–Kier alpha value is -2.63. The maximum Gasteiger partial charge on any atom is 0.257 e. The zero-order chi connectivity index (χ0) is 18.7. The molecule has 138 valence electrons. The van der Waals surface area contributed by atoms with Gasteiger partial charge in [0.25, 0.3) is 5.91 Å². The van der Waals surface area contributed by atoms with Crippen molar-refractivity contribution in [2.24, 2.45) is 5.92 Å². The molecular formula is C20H23FN2O3. The van der Waals surface area contributed by atoms with Gasteiger partial charge in [-0.3, -0.25) is 9.59 Å². The first-order valence-corrected chi connectivity index (χ1v) is 8.81. The fourth-order valence-electron chi connectivity index (χ4n) is 3.29. The Kier molecular flexibility index (Phi) is 5.40. The highest BCUT2D eigenvalue weighted by molar-refractivity contribution is 5.94. The highest BCUT2D eigenvalue weighted by Crippen LogP contribution is 2.22. The quantitative estimate of drug-likeness (QED) is 0.842. The van der Waals surface area contributed by atoms with E-state index in [1.807, 2.05) is 18.7 Å². The summed E-state index contributed by atoms with van der Waals surface area (Å²) in [6.45, 7) is 5.35. The third-order valence-electron chi connectivity index (χ3n) is 4.81. The number of amides is 2. The highest BCUT2D eigenvalue weighted by Gasteiger charge is 2.33. The van der Waals surface area contributed by atoms with E-state index in [0.717, 1.165) is 5.56 Å². The molecule has 1 aromatic heterocycles. The van der Waals surface area contributed by atoms with Gasteiger partial charge in [-0.2, -0.15) is 0 Å². The third-order valence-corrected chi connectivity index (χ3v) is 4.81. The van der Waals surface area contributed by atoms with Crippen molar-refractivity contribution >= 4 is 11.8 Å². The van der Waals surface area contributed by atoms with E-state index in [-0.39, 0.29) is 36.0 Å². The smallest absolute Gasteiger partial charge is 0.257 e. The number of furan rings is 1. The second-order valence-corrected chi connectivity index (χ2v) is 6.97. The van der Waals surface area contributed by atoms with E-state index in [0.29, 0.717) is 25.2 Å². The number of benzene rings is 1. The van der Waals surface area contributed by atoms with Crippen LogP contribution in [-0.4, -0.2) is 40.7 Å². The highest BCUT2D eigenvalue weighted by atomic mass is 19.1. The van der Waals surface area contributed by atoms with E-state index in [9.17, 15) is 14.0 Å². The van der Waals surface area contributed by atoms with Gasteiger partial charge in [0.05, 0.1) is 17.9 Å². The van der Waals surface area contributed by atoms with Crippen molar-refractivity contribution in [1.82, 2.24) is 9.80 Å². The topological polar surface area (TPSA) is 53.8 Å². The van der Waals surface area contributed by atoms with Crippen molar-refractivity contribution in [3.8, 4) is 0 Å². The van der Waals surface area contributed by atoms with E-state index in [1.165, 1.54) is 24.7 Å². The zero-order valence-corrected chi connectivity index (χ0v) is 15.0. The van der Waals surface area contributed by atoms with Crippen LogP contribution in [0.15, 0.2) is 47.3 Å². The summed E-state index contributed by atoms with van der Waals surface area (Å²) in [7, 11) is 0. The number of nitrogens with zero attached hydrogens (tertiary/aromatic N) is 2. The Morgan fingerprint density at radius 1 is 1.27 bits per heavy atom. The average molecular weight is 358 g/mol. The third kappa shape index (κ3) is 3.95. The van der Waals surface area contributed by atoms with Gasteiger partial charge in [0.15, 0.2) is 0 Å². The van der Waals surface area contributed by atoms with E-state index in [4.69, 9.17) is 4.42 Å². The van der Waals surface area contributed by atoms with Gasteiger partial charge in [0, 0.05) is 26.1 Å². The molecule has 26 heavy (non-hydrogen) atoms. The molecular weight excluding hydrogens is 335 g/mol. The Balaban J connectivity index is 1.81. The lowest BCUT2D eigenvalue weighted by atomic mass is 10.0. The summed E-state index contributed by atoms with van der Waals surface area (Å²) in [5.74, 6) is -0.235. The summed E-state index contributed by atoms with van der Waals surface area (Å²) in [4.78, 5) is 29.0. The number of carbonyl (C=O) groups excluding carboxylic acids is 2. The van der Waals surface area contributed by atoms with Crippen LogP contribution in [0.25, 0.3) is 0 Å². The average Bonchev–Trinajstić information content (AvgIpc) is 3.10. The van der Waals surface area contributed by atoms with Crippen molar-refractivity contribution in [3.63, 3.8) is 0 Å². The minimum atomic E-state index is -0.298. The van der Waals surface area contributed by atoms with Gasteiger partial charge in [0.2, 0.25) is 5.91 Å². The molecule has 1 saturated heterocycles. The van der Waals surface area contributed by atoms with Crippen molar-refractivity contribution in [3.05, 3.63) is 59.8 Å².